The van der Waals surface area contributed by atoms with Gasteiger partial charge in [0.1, 0.15) is 21.7 Å². The maximum Gasteiger partial charge on any atom is 0.418 e. The van der Waals surface area contributed by atoms with Crippen LogP contribution in [0.25, 0.3) is 0 Å². The average Bonchev–Trinajstić information content (AvgIpc) is 3.15. The minimum atomic E-state index is -2.11. The zero-order chi connectivity index (χ0) is 22.2. The highest BCUT2D eigenvalue weighted by molar-refractivity contribution is 7.02. The zero-order valence-electron chi connectivity index (χ0n) is 19.2. The van der Waals surface area contributed by atoms with Gasteiger partial charge in [0, 0.05) is 10.6 Å². The molecule has 1 aromatic heterocycles. The lowest BCUT2D eigenvalue weighted by atomic mass is 10.2. The summed E-state index contributed by atoms with van der Waals surface area (Å²) in [5.41, 5.74) is -0.549. The Morgan fingerprint density at radius 3 is 1.40 bits per heavy atom. The second kappa shape index (κ2) is 8.04. The van der Waals surface area contributed by atoms with Crippen LogP contribution in [-0.2, 0) is 4.74 Å². The van der Waals surface area contributed by atoms with Crippen molar-refractivity contribution < 1.29 is 9.53 Å². The Morgan fingerprint density at radius 2 is 1.07 bits per heavy atom. The highest BCUT2D eigenvalue weighted by atomic mass is 28.3. The molecule has 0 aliphatic heterocycles. The molecule has 1 heterocycles. The molecule has 0 amide bonds. The van der Waals surface area contributed by atoms with E-state index in [0.29, 0.717) is 0 Å². The first-order valence-electron chi connectivity index (χ1n) is 10.5. The highest BCUT2D eigenvalue weighted by Gasteiger charge is 2.38. The van der Waals surface area contributed by atoms with Crippen molar-refractivity contribution in [2.45, 2.75) is 52.6 Å². The molecule has 0 atom stereocenters. The SMILES string of the molecule is CC(C)(C)OC(=O)n1c([Si](C)(C)c2ccccc2)ccc1[Si](C)(C)c1ccccc1. The molecule has 3 aromatic rings. The Morgan fingerprint density at radius 1 is 0.700 bits per heavy atom. The van der Waals surface area contributed by atoms with Crippen LogP contribution in [0.2, 0.25) is 26.2 Å². The van der Waals surface area contributed by atoms with E-state index in [2.05, 4.69) is 86.9 Å². The van der Waals surface area contributed by atoms with Crippen LogP contribution >= 0.6 is 0 Å². The highest BCUT2D eigenvalue weighted by Crippen LogP contribution is 2.14. The van der Waals surface area contributed by atoms with Gasteiger partial charge in [-0.05, 0) is 32.9 Å². The molecule has 0 bridgehead atoms. The van der Waals surface area contributed by atoms with Crippen LogP contribution in [0.1, 0.15) is 20.8 Å². The van der Waals surface area contributed by atoms with E-state index in [9.17, 15) is 4.79 Å². The second-order valence-electron chi connectivity index (χ2n) is 9.90. The van der Waals surface area contributed by atoms with Crippen molar-refractivity contribution in [3.05, 3.63) is 72.8 Å². The molecule has 0 aliphatic carbocycles. The van der Waals surface area contributed by atoms with E-state index in [1.54, 1.807) is 0 Å². The van der Waals surface area contributed by atoms with Crippen LogP contribution in [0.5, 0.6) is 0 Å². The summed E-state index contributed by atoms with van der Waals surface area (Å²) in [6.45, 7) is 15.0. The molecule has 0 N–H and O–H groups in total. The summed E-state index contributed by atoms with van der Waals surface area (Å²) >= 11 is 0. The van der Waals surface area contributed by atoms with Crippen molar-refractivity contribution in [3.8, 4) is 0 Å². The molecular weight excluding hydrogens is 402 g/mol. The first kappa shape index (κ1) is 22.3. The molecule has 158 valence electrons. The third-order valence-electron chi connectivity index (χ3n) is 5.73. The molecule has 0 unspecified atom stereocenters. The molecule has 30 heavy (non-hydrogen) atoms. The van der Waals surface area contributed by atoms with Crippen LogP contribution in [0, 0.1) is 0 Å². The Kier molecular flexibility index (Phi) is 5.98. The summed E-state index contributed by atoms with van der Waals surface area (Å²) < 4.78 is 7.80. The monoisotopic (exact) mass is 435 g/mol. The Balaban J connectivity index is 2.21. The van der Waals surface area contributed by atoms with Crippen LogP contribution in [0.3, 0.4) is 0 Å². The van der Waals surface area contributed by atoms with Gasteiger partial charge in [-0.1, -0.05) is 97.2 Å². The summed E-state index contributed by atoms with van der Waals surface area (Å²) in [5, 5.41) is 4.79. The predicted octanol–water partition coefficient (Wildman–Crippen LogP) is 3.92. The molecule has 5 heteroatoms. The number of hydrogen-bond acceptors (Lipinski definition) is 2. The molecule has 0 saturated heterocycles. The molecule has 0 fully saturated rings. The van der Waals surface area contributed by atoms with Gasteiger partial charge in [-0.3, -0.25) is 4.57 Å². The fourth-order valence-electron chi connectivity index (χ4n) is 3.92. The van der Waals surface area contributed by atoms with Gasteiger partial charge in [0.15, 0.2) is 0 Å². The quantitative estimate of drug-likeness (QED) is 0.582. The van der Waals surface area contributed by atoms with E-state index in [0.717, 1.165) is 10.6 Å². The third-order valence-corrected chi connectivity index (χ3v) is 12.6. The van der Waals surface area contributed by atoms with Crippen molar-refractivity contribution in [2.75, 3.05) is 0 Å². The van der Waals surface area contributed by atoms with Crippen molar-refractivity contribution in [3.63, 3.8) is 0 Å². The van der Waals surface area contributed by atoms with E-state index in [4.69, 9.17) is 4.74 Å². The lowest BCUT2D eigenvalue weighted by Crippen LogP contribution is -2.63. The number of rotatable bonds is 4. The minimum Gasteiger partial charge on any atom is -0.443 e. The van der Waals surface area contributed by atoms with Gasteiger partial charge >= 0.3 is 6.09 Å². The fourth-order valence-corrected chi connectivity index (χ4v) is 9.22. The Labute approximate surface area is 182 Å². The molecule has 2 aromatic carbocycles. The van der Waals surface area contributed by atoms with Crippen molar-refractivity contribution in [1.82, 2.24) is 4.57 Å². The van der Waals surface area contributed by atoms with Gasteiger partial charge in [-0.15, -0.1) is 0 Å². The molecule has 3 nitrogen and oxygen atoms in total. The van der Waals surface area contributed by atoms with Gasteiger partial charge in [-0.2, -0.15) is 0 Å². The average molecular weight is 436 g/mol. The summed E-state index contributed by atoms with van der Waals surface area (Å²) in [6.07, 6.45) is -0.273. The summed E-state index contributed by atoms with van der Waals surface area (Å²) in [6, 6.07) is 25.4. The lowest BCUT2D eigenvalue weighted by Gasteiger charge is -2.30. The number of ether oxygens (including phenoxy) is 1. The van der Waals surface area contributed by atoms with E-state index in [1.165, 1.54) is 10.4 Å². The van der Waals surface area contributed by atoms with Crippen LogP contribution < -0.4 is 21.0 Å². The molecule has 0 aliphatic rings. The van der Waals surface area contributed by atoms with E-state index in [1.807, 2.05) is 37.5 Å². The standard InChI is InChI=1S/C25H33NO2Si2/c1-25(2,3)28-24(27)26-22(29(4,5)20-14-10-8-11-15-20)18-19-23(26)30(6,7)21-16-12-9-13-17-21/h8-19H,1-7H3. The summed E-state index contributed by atoms with van der Waals surface area (Å²) in [5.74, 6) is 0. The third kappa shape index (κ3) is 4.37. The first-order chi connectivity index (χ1) is 13.9. The topological polar surface area (TPSA) is 31.2 Å². The maximum atomic E-state index is 13.5. The minimum absolute atomic E-state index is 0.273. The molecular formula is C25H33NO2Si2. The number of carbonyl (C=O) groups is 1. The zero-order valence-corrected chi connectivity index (χ0v) is 21.2. The van der Waals surface area contributed by atoms with E-state index >= 15 is 0 Å². The first-order valence-corrected chi connectivity index (χ1v) is 16.5. The smallest absolute Gasteiger partial charge is 0.418 e. The normalized spacial score (nSPS) is 12.6. The number of nitrogens with zero attached hydrogens (tertiary/aromatic N) is 1. The number of aromatic nitrogens is 1. The van der Waals surface area contributed by atoms with Crippen molar-refractivity contribution in [1.29, 1.82) is 0 Å². The van der Waals surface area contributed by atoms with Crippen LogP contribution in [-0.4, -0.2) is 32.4 Å². The Bertz CT molecular complexity index is 947. The van der Waals surface area contributed by atoms with E-state index in [-0.39, 0.29) is 6.09 Å². The van der Waals surface area contributed by atoms with Crippen molar-refractivity contribution >= 4 is 43.2 Å². The van der Waals surface area contributed by atoms with Gasteiger partial charge in [0.25, 0.3) is 0 Å². The van der Waals surface area contributed by atoms with Gasteiger partial charge in [0.2, 0.25) is 0 Å². The van der Waals surface area contributed by atoms with Gasteiger partial charge < -0.3 is 4.74 Å². The van der Waals surface area contributed by atoms with Crippen LogP contribution in [0.4, 0.5) is 4.79 Å². The number of benzene rings is 2. The molecule has 0 spiro atoms. The number of hydrogen-bond donors (Lipinski definition) is 0. The summed E-state index contributed by atoms with van der Waals surface area (Å²) in [4.78, 5) is 13.5. The predicted molar refractivity (Wildman–Crippen MR) is 132 cm³/mol. The largest absolute Gasteiger partial charge is 0.443 e. The van der Waals surface area contributed by atoms with E-state index < -0.39 is 21.7 Å². The van der Waals surface area contributed by atoms with Gasteiger partial charge in [0.05, 0.1) is 0 Å². The fraction of sp³-hybridized carbons (Fsp3) is 0.320. The maximum absolute atomic E-state index is 13.5. The molecule has 3 rings (SSSR count). The van der Waals surface area contributed by atoms with Crippen molar-refractivity contribution in [2.24, 2.45) is 0 Å². The molecule has 0 radical (unpaired) electrons. The molecule has 0 saturated carbocycles. The Hall–Kier alpha value is -2.38. The summed E-state index contributed by atoms with van der Waals surface area (Å²) in [7, 11) is -4.23. The van der Waals surface area contributed by atoms with Crippen LogP contribution in [0.15, 0.2) is 72.8 Å². The number of carbonyl (C=O) groups excluding carboxylic acids is 1. The van der Waals surface area contributed by atoms with Gasteiger partial charge in [-0.25, -0.2) is 4.79 Å². The second-order valence-corrected chi connectivity index (χ2v) is 18.6. The lowest BCUT2D eigenvalue weighted by molar-refractivity contribution is 0.0546.